The van der Waals surface area contributed by atoms with Gasteiger partial charge in [0.25, 0.3) is 0 Å². The second kappa shape index (κ2) is 20.2. The average Bonchev–Trinajstić information content (AvgIpc) is 2.90. The van der Waals surface area contributed by atoms with Crippen LogP contribution in [-0.4, -0.2) is 16.2 Å². The Labute approximate surface area is 231 Å². The van der Waals surface area contributed by atoms with E-state index in [9.17, 15) is 15.0 Å². The number of unbranched alkanes of at least 4 members (excludes halogenated alkanes) is 16. The molecule has 0 fully saturated rings. The first-order chi connectivity index (χ1) is 18.6. The zero-order chi connectivity index (χ0) is 27.3. The predicted octanol–water partition coefficient (Wildman–Crippen LogP) is 10.2. The first-order valence-electron chi connectivity index (χ1n) is 15.1. The molecule has 0 aliphatic carbocycles. The van der Waals surface area contributed by atoms with Gasteiger partial charge in [0.05, 0.1) is 0 Å². The molecule has 210 valence electrons. The monoisotopic (exact) mass is 522 g/mol. The normalized spacial score (nSPS) is 11.3. The van der Waals surface area contributed by atoms with Crippen molar-refractivity contribution >= 4 is 18.1 Å². The summed E-state index contributed by atoms with van der Waals surface area (Å²) in [6.07, 6.45) is 26.4. The average molecular weight is 523 g/mol. The van der Waals surface area contributed by atoms with E-state index >= 15 is 0 Å². The molecule has 0 spiro atoms. The van der Waals surface area contributed by atoms with Crippen LogP contribution < -0.4 is 4.74 Å². The summed E-state index contributed by atoms with van der Waals surface area (Å²) >= 11 is 0. The van der Waals surface area contributed by atoms with Crippen LogP contribution in [0.2, 0.25) is 0 Å². The number of ether oxygens (including phenoxy) is 1. The topological polar surface area (TPSA) is 66.8 Å². The number of hydrogen-bond acceptors (Lipinski definition) is 4. The summed E-state index contributed by atoms with van der Waals surface area (Å²) in [6.45, 7) is 2.28. The van der Waals surface area contributed by atoms with Gasteiger partial charge in [-0.25, -0.2) is 0 Å². The molecule has 0 atom stereocenters. The Bertz CT molecular complexity index is 917. The molecule has 0 heterocycles. The van der Waals surface area contributed by atoms with Crippen molar-refractivity contribution in [3.63, 3.8) is 0 Å². The zero-order valence-corrected chi connectivity index (χ0v) is 23.6. The van der Waals surface area contributed by atoms with Gasteiger partial charge in [-0.2, -0.15) is 0 Å². The van der Waals surface area contributed by atoms with Gasteiger partial charge >= 0.3 is 5.97 Å². The third kappa shape index (κ3) is 15.5. The first-order valence-corrected chi connectivity index (χ1v) is 15.1. The molecule has 0 radical (unpaired) electrons. The van der Waals surface area contributed by atoms with Crippen LogP contribution in [0.15, 0.2) is 42.5 Å². The van der Waals surface area contributed by atoms with E-state index in [1.54, 1.807) is 36.4 Å². The third-order valence-corrected chi connectivity index (χ3v) is 6.99. The SMILES string of the molecule is CCCCCCCCCCCCCCCCCCCC(=O)Oc1cc(O)cc(C=Cc2ccc(O)cc2)c1. The van der Waals surface area contributed by atoms with Crippen molar-refractivity contribution < 1.29 is 19.7 Å². The third-order valence-electron chi connectivity index (χ3n) is 6.99. The molecule has 4 heteroatoms. The van der Waals surface area contributed by atoms with Crippen LogP contribution in [-0.2, 0) is 4.79 Å². The molecular formula is C34H50O4. The largest absolute Gasteiger partial charge is 0.508 e. The van der Waals surface area contributed by atoms with Crippen molar-refractivity contribution in [2.45, 2.75) is 122 Å². The minimum atomic E-state index is -0.259. The number of phenols is 2. The Kier molecular flexibility index (Phi) is 16.8. The van der Waals surface area contributed by atoms with Crippen molar-refractivity contribution in [1.82, 2.24) is 0 Å². The predicted molar refractivity (Wildman–Crippen MR) is 160 cm³/mol. The first kappa shape index (κ1) is 31.5. The quantitative estimate of drug-likeness (QED) is 0.0740. The number of hydrogen-bond donors (Lipinski definition) is 2. The number of carbonyl (C=O) groups is 1. The Morgan fingerprint density at radius 1 is 0.605 bits per heavy atom. The standard InChI is InChI=1S/C34H50O4/c1-2-3-4-5-6-7-8-9-10-11-12-13-14-15-16-17-18-19-34(37)38-33-27-30(26-32(36)28-33)21-20-29-22-24-31(35)25-23-29/h20-28,35-36H,2-19H2,1H3. The lowest BCUT2D eigenvalue weighted by molar-refractivity contribution is -0.134. The fraction of sp³-hybridized carbons (Fsp3) is 0.559. The molecule has 4 nitrogen and oxygen atoms in total. The second-order valence-electron chi connectivity index (χ2n) is 10.6. The Balaban J connectivity index is 1.48. The lowest BCUT2D eigenvalue weighted by Crippen LogP contribution is -2.07. The number of carbonyl (C=O) groups excluding carboxylic acids is 1. The van der Waals surface area contributed by atoms with Gasteiger partial charge in [-0.1, -0.05) is 134 Å². The van der Waals surface area contributed by atoms with Crippen molar-refractivity contribution in [3.8, 4) is 17.2 Å². The van der Waals surface area contributed by atoms with Gasteiger partial charge in [0, 0.05) is 12.5 Å². The maximum Gasteiger partial charge on any atom is 0.311 e. The van der Waals surface area contributed by atoms with E-state index in [1.807, 2.05) is 12.2 Å². The molecule has 0 bridgehead atoms. The number of rotatable bonds is 21. The second-order valence-corrected chi connectivity index (χ2v) is 10.6. The maximum absolute atomic E-state index is 12.3. The molecule has 0 aliphatic rings. The van der Waals surface area contributed by atoms with Crippen molar-refractivity contribution in [3.05, 3.63) is 53.6 Å². The Hall–Kier alpha value is -2.75. The number of phenolic OH excluding ortho intramolecular Hbond substituents is 2. The molecule has 0 amide bonds. The summed E-state index contributed by atoms with van der Waals surface area (Å²) in [4.78, 5) is 12.3. The summed E-state index contributed by atoms with van der Waals surface area (Å²) < 4.78 is 5.47. The molecule has 0 saturated carbocycles. The van der Waals surface area contributed by atoms with Gasteiger partial charge in [-0.15, -0.1) is 0 Å². The highest BCUT2D eigenvalue weighted by molar-refractivity contribution is 5.74. The number of benzene rings is 2. The Morgan fingerprint density at radius 3 is 1.61 bits per heavy atom. The van der Waals surface area contributed by atoms with Gasteiger partial charge in [-0.3, -0.25) is 4.79 Å². The van der Waals surface area contributed by atoms with Gasteiger partial charge in [0.15, 0.2) is 0 Å². The van der Waals surface area contributed by atoms with E-state index in [2.05, 4.69) is 6.92 Å². The van der Waals surface area contributed by atoms with Crippen molar-refractivity contribution in [2.24, 2.45) is 0 Å². The van der Waals surface area contributed by atoms with E-state index in [0.717, 1.165) is 24.0 Å². The fourth-order valence-electron chi connectivity index (χ4n) is 4.72. The van der Waals surface area contributed by atoms with Crippen molar-refractivity contribution in [2.75, 3.05) is 0 Å². The molecule has 0 unspecified atom stereocenters. The van der Waals surface area contributed by atoms with E-state index in [4.69, 9.17) is 4.74 Å². The van der Waals surface area contributed by atoms with Crippen LogP contribution in [0, 0.1) is 0 Å². The summed E-state index contributed by atoms with van der Waals surface area (Å²) in [5, 5.41) is 19.4. The van der Waals surface area contributed by atoms with Gasteiger partial charge in [0.2, 0.25) is 0 Å². The molecule has 2 aromatic rings. The smallest absolute Gasteiger partial charge is 0.311 e. The van der Waals surface area contributed by atoms with Crippen LogP contribution in [0.4, 0.5) is 0 Å². The lowest BCUT2D eigenvalue weighted by atomic mass is 10.0. The lowest BCUT2D eigenvalue weighted by Gasteiger charge is -2.07. The van der Waals surface area contributed by atoms with Crippen LogP contribution in [0.3, 0.4) is 0 Å². The van der Waals surface area contributed by atoms with E-state index in [-0.39, 0.29) is 17.5 Å². The molecule has 38 heavy (non-hydrogen) atoms. The number of esters is 1. The van der Waals surface area contributed by atoms with Gasteiger partial charge in [-0.05, 0) is 41.8 Å². The summed E-state index contributed by atoms with van der Waals surface area (Å²) in [6, 6.07) is 11.7. The minimum Gasteiger partial charge on any atom is -0.508 e. The summed E-state index contributed by atoms with van der Waals surface area (Å²) in [5.74, 6) is 0.365. The highest BCUT2D eigenvalue weighted by Crippen LogP contribution is 2.24. The molecular weight excluding hydrogens is 472 g/mol. The molecule has 0 aliphatic heterocycles. The van der Waals surface area contributed by atoms with Crippen LogP contribution in [0.25, 0.3) is 12.2 Å². The highest BCUT2D eigenvalue weighted by atomic mass is 16.5. The summed E-state index contributed by atoms with van der Waals surface area (Å²) in [7, 11) is 0. The van der Waals surface area contributed by atoms with Crippen LogP contribution in [0.1, 0.15) is 134 Å². The van der Waals surface area contributed by atoms with Gasteiger partial charge < -0.3 is 14.9 Å². The fourth-order valence-corrected chi connectivity index (χ4v) is 4.72. The highest BCUT2D eigenvalue weighted by Gasteiger charge is 2.07. The maximum atomic E-state index is 12.3. The molecule has 2 aromatic carbocycles. The van der Waals surface area contributed by atoms with Gasteiger partial charge in [0.1, 0.15) is 17.2 Å². The van der Waals surface area contributed by atoms with Crippen LogP contribution >= 0.6 is 0 Å². The molecule has 2 N–H and O–H groups in total. The van der Waals surface area contributed by atoms with Crippen LogP contribution in [0.5, 0.6) is 17.2 Å². The van der Waals surface area contributed by atoms with E-state index < -0.39 is 0 Å². The van der Waals surface area contributed by atoms with Crippen molar-refractivity contribution in [1.29, 1.82) is 0 Å². The molecule has 2 rings (SSSR count). The number of aromatic hydroxyl groups is 2. The van der Waals surface area contributed by atoms with E-state index in [0.29, 0.717) is 12.2 Å². The molecule has 0 saturated heterocycles. The summed E-state index contributed by atoms with van der Waals surface area (Å²) in [5.41, 5.74) is 1.65. The molecule has 0 aromatic heterocycles. The Morgan fingerprint density at radius 2 is 1.08 bits per heavy atom. The minimum absolute atomic E-state index is 0.0541. The zero-order valence-electron chi connectivity index (χ0n) is 23.6. The van der Waals surface area contributed by atoms with E-state index in [1.165, 1.54) is 102 Å².